The summed E-state index contributed by atoms with van der Waals surface area (Å²) in [5, 5.41) is 2.93. The number of anilines is 1. The molecule has 0 bridgehead atoms. The number of fused-ring (bicyclic) bond motifs is 1. The minimum absolute atomic E-state index is 0.0109. The lowest BCUT2D eigenvalue weighted by atomic mass is 10.1. The number of hydrogen-bond donors (Lipinski definition) is 1. The van der Waals surface area contributed by atoms with Crippen LogP contribution in [-0.4, -0.2) is 38.8 Å². The molecule has 1 aliphatic rings. The van der Waals surface area contributed by atoms with Gasteiger partial charge in [0.25, 0.3) is 0 Å². The van der Waals surface area contributed by atoms with E-state index in [2.05, 4.69) is 10.2 Å². The average molecular weight is 372 g/mol. The summed E-state index contributed by atoms with van der Waals surface area (Å²) in [7, 11) is 1.64. The molecule has 1 aliphatic heterocycles. The van der Waals surface area contributed by atoms with E-state index in [4.69, 9.17) is 9.47 Å². The lowest BCUT2D eigenvalue weighted by Gasteiger charge is -2.38. The minimum Gasteiger partial charge on any atom is -0.489 e. The molecule has 1 heterocycles. The quantitative estimate of drug-likeness (QED) is 0.724. The number of benzene rings is 2. The first kappa shape index (κ1) is 19.2. The van der Waals surface area contributed by atoms with Crippen LogP contribution in [0, 0.1) is 5.82 Å². The Morgan fingerprint density at radius 3 is 2.81 bits per heavy atom. The van der Waals surface area contributed by atoms with Gasteiger partial charge in [0.05, 0.1) is 18.2 Å². The predicted octanol–water partition coefficient (Wildman–Crippen LogP) is 3.14. The standard InChI is InChI=1S/C21H25FN2O3/c1-26-12-4-11-23-21(25)13-18-15-27-20-6-3-2-5-19(20)24(18)14-16-7-9-17(22)10-8-16/h2-3,5-10,18H,4,11-15H2,1H3,(H,23,25)/t18-/m0/s1. The zero-order valence-corrected chi connectivity index (χ0v) is 15.5. The first-order chi connectivity index (χ1) is 13.2. The molecule has 0 spiro atoms. The van der Waals surface area contributed by atoms with Crippen molar-refractivity contribution in [3.05, 3.63) is 59.9 Å². The number of hydrogen-bond acceptors (Lipinski definition) is 4. The van der Waals surface area contributed by atoms with Crippen molar-refractivity contribution in [2.75, 3.05) is 31.8 Å². The van der Waals surface area contributed by atoms with Crippen molar-refractivity contribution in [1.82, 2.24) is 5.32 Å². The monoisotopic (exact) mass is 372 g/mol. The number of nitrogens with one attached hydrogen (secondary N) is 1. The molecule has 0 radical (unpaired) electrons. The molecule has 2 aromatic rings. The number of amides is 1. The van der Waals surface area contributed by atoms with Gasteiger partial charge in [-0.1, -0.05) is 24.3 Å². The molecule has 0 aromatic heterocycles. The first-order valence-corrected chi connectivity index (χ1v) is 9.16. The van der Waals surface area contributed by atoms with E-state index < -0.39 is 0 Å². The van der Waals surface area contributed by atoms with E-state index in [-0.39, 0.29) is 17.8 Å². The SMILES string of the molecule is COCCCNC(=O)C[C@H]1COc2ccccc2N1Cc1ccc(F)cc1. The van der Waals surface area contributed by atoms with Gasteiger partial charge in [-0.05, 0) is 36.2 Å². The van der Waals surface area contributed by atoms with Gasteiger partial charge >= 0.3 is 0 Å². The van der Waals surface area contributed by atoms with E-state index in [9.17, 15) is 9.18 Å². The van der Waals surface area contributed by atoms with Gasteiger partial charge in [-0.3, -0.25) is 4.79 Å². The highest BCUT2D eigenvalue weighted by Crippen LogP contribution is 2.35. The molecular weight excluding hydrogens is 347 g/mol. The van der Waals surface area contributed by atoms with Crippen LogP contribution in [0.25, 0.3) is 0 Å². The largest absolute Gasteiger partial charge is 0.489 e. The normalized spacial score (nSPS) is 15.8. The predicted molar refractivity (Wildman–Crippen MR) is 102 cm³/mol. The van der Waals surface area contributed by atoms with E-state index in [0.29, 0.717) is 32.7 Å². The van der Waals surface area contributed by atoms with E-state index in [1.807, 2.05) is 24.3 Å². The van der Waals surface area contributed by atoms with Gasteiger partial charge in [0.1, 0.15) is 18.2 Å². The maximum absolute atomic E-state index is 13.2. The van der Waals surface area contributed by atoms with Gasteiger partial charge in [-0.2, -0.15) is 0 Å². The van der Waals surface area contributed by atoms with Crippen LogP contribution in [0.4, 0.5) is 10.1 Å². The van der Waals surface area contributed by atoms with Gasteiger partial charge < -0.3 is 19.7 Å². The van der Waals surface area contributed by atoms with E-state index in [1.165, 1.54) is 12.1 Å². The molecule has 2 aromatic carbocycles. The minimum atomic E-state index is -0.256. The third-order valence-corrected chi connectivity index (χ3v) is 4.58. The van der Waals surface area contributed by atoms with Crippen molar-refractivity contribution in [1.29, 1.82) is 0 Å². The first-order valence-electron chi connectivity index (χ1n) is 9.16. The Hall–Kier alpha value is -2.60. The highest BCUT2D eigenvalue weighted by molar-refractivity contribution is 5.77. The maximum atomic E-state index is 13.2. The highest BCUT2D eigenvalue weighted by atomic mass is 19.1. The summed E-state index contributed by atoms with van der Waals surface area (Å²) < 4.78 is 24.1. The fourth-order valence-electron chi connectivity index (χ4n) is 3.19. The van der Waals surface area contributed by atoms with Crippen molar-refractivity contribution >= 4 is 11.6 Å². The van der Waals surface area contributed by atoms with Crippen molar-refractivity contribution in [3.63, 3.8) is 0 Å². The molecule has 1 N–H and O–H groups in total. The van der Waals surface area contributed by atoms with Gasteiger partial charge in [0, 0.05) is 26.8 Å². The van der Waals surface area contributed by atoms with Gasteiger partial charge in [-0.25, -0.2) is 4.39 Å². The summed E-state index contributed by atoms with van der Waals surface area (Å²) in [6, 6.07) is 14.2. The van der Waals surface area contributed by atoms with Gasteiger partial charge in [0.2, 0.25) is 5.91 Å². The Bertz CT molecular complexity index is 751. The topological polar surface area (TPSA) is 50.8 Å². The lowest BCUT2D eigenvalue weighted by molar-refractivity contribution is -0.121. The molecule has 5 nitrogen and oxygen atoms in total. The summed E-state index contributed by atoms with van der Waals surface area (Å²) in [6.07, 6.45) is 1.12. The maximum Gasteiger partial charge on any atom is 0.222 e. The Morgan fingerprint density at radius 1 is 1.26 bits per heavy atom. The molecule has 3 rings (SSSR count). The number of para-hydroxylation sites is 2. The van der Waals surface area contributed by atoms with Crippen LogP contribution in [0.1, 0.15) is 18.4 Å². The molecule has 1 atom stereocenters. The molecule has 6 heteroatoms. The van der Waals surface area contributed by atoms with Crippen molar-refractivity contribution < 1.29 is 18.7 Å². The van der Waals surface area contributed by atoms with Gasteiger partial charge in [0.15, 0.2) is 0 Å². The number of nitrogens with zero attached hydrogens (tertiary/aromatic N) is 1. The summed E-state index contributed by atoms with van der Waals surface area (Å²) >= 11 is 0. The molecular formula is C21H25FN2O3. The number of methoxy groups -OCH3 is 1. The summed E-state index contributed by atoms with van der Waals surface area (Å²) in [6.45, 7) is 2.23. The van der Waals surface area contributed by atoms with Crippen LogP contribution in [0.15, 0.2) is 48.5 Å². The third-order valence-electron chi connectivity index (χ3n) is 4.58. The Morgan fingerprint density at radius 2 is 2.04 bits per heavy atom. The Kier molecular flexibility index (Phi) is 6.65. The third kappa shape index (κ3) is 5.20. The fraction of sp³-hybridized carbons (Fsp3) is 0.381. The van der Waals surface area contributed by atoms with Crippen LogP contribution in [-0.2, 0) is 16.1 Å². The van der Waals surface area contributed by atoms with Crippen LogP contribution in [0.5, 0.6) is 5.75 Å². The van der Waals surface area contributed by atoms with Crippen LogP contribution in [0.2, 0.25) is 0 Å². The van der Waals surface area contributed by atoms with Crippen molar-refractivity contribution in [2.45, 2.75) is 25.4 Å². The summed E-state index contributed by atoms with van der Waals surface area (Å²) in [5.41, 5.74) is 1.93. The molecule has 144 valence electrons. The van der Waals surface area contributed by atoms with E-state index >= 15 is 0 Å². The van der Waals surface area contributed by atoms with E-state index in [1.54, 1.807) is 19.2 Å². The molecule has 0 saturated heterocycles. The fourth-order valence-corrected chi connectivity index (χ4v) is 3.19. The van der Waals surface area contributed by atoms with Crippen LogP contribution < -0.4 is 15.0 Å². The number of rotatable bonds is 8. The van der Waals surface area contributed by atoms with Crippen molar-refractivity contribution in [3.8, 4) is 5.75 Å². The zero-order chi connectivity index (χ0) is 19.1. The summed E-state index contributed by atoms with van der Waals surface area (Å²) in [4.78, 5) is 14.5. The number of ether oxygens (including phenoxy) is 2. The zero-order valence-electron chi connectivity index (χ0n) is 15.5. The molecule has 27 heavy (non-hydrogen) atoms. The van der Waals surface area contributed by atoms with Crippen LogP contribution in [0.3, 0.4) is 0 Å². The molecule has 0 fully saturated rings. The molecule has 0 saturated carbocycles. The lowest BCUT2D eigenvalue weighted by Crippen LogP contribution is -2.45. The van der Waals surface area contributed by atoms with E-state index in [0.717, 1.165) is 23.4 Å². The molecule has 0 aliphatic carbocycles. The van der Waals surface area contributed by atoms with Gasteiger partial charge in [-0.15, -0.1) is 0 Å². The Balaban J connectivity index is 1.71. The highest BCUT2D eigenvalue weighted by Gasteiger charge is 2.29. The molecule has 0 unspecified atom stereocenters. The molecule has 1 amide bonds. The smallest absolute Gasteiger partial charge is 0.222 e. The number of halogens is 1. The Labute approximate surface area is 159 Å². The number of carbonyl (C=O) groups excluding carboxylic acids is 1. The second-order valence-corrected chi connectivity index (χ2v) is 6.59. The summed E-state index contributed by atoms with van der Waals surface area (Å²) in [5.74, 6) is 0.535. The van der Waals surface area contributed by atoms with Crippen molar-refractivity contribution in [2.24, 2.45) is 0 Å². The average Bonchev–Trinajstić information content (AvgIpc) is 2.68. The second kappa shape index (κ2) is 9.37. The number of carbonyl (C=O) groups is 1. The van der Waals surface area contributed by atoms with Crippen LogP contribution >= 0.6 is 0 Å². The second-order valence-electron chi connectivity index (χ2n) is 6.59.